The number of carbonyl (C=O) groups excluding carboxylic acids is 2. The normalized spacial score (nSPS) is 19.6. The van der Waals surface area contributed by atoms with Crippen molar-refractivity contribution in [2.75, 3.05) is 18.5 Å². The van der Waals surface area contributed by atoms with Gasteiger partial charge in [0.15, 0.2) is 11.9 Å². The molecule has 4 rings (SSSR count). The van der Waals surface area contributed by atoms with Gasteiger partial charge in [0.25, 0.3) is 0 Å². The van der Waals surface area contributed by atoms with Gasteiger partial charge < -0.3 is 15.0 Å². The number of amides is 1. The van der Waals surface area contributed by atoms with Crippen molar-refractivity contribution in [1.82, 2.24) is 10.3 Å². The number of nitrogens with one attached hydrogen (secondary N) is 1. The number of anilines is 1. The van der Waals surface area contributed by atoms with Gasteiger partial charge in [0, 0.05) is 37.3 Å². The molecule has 1 saturated heterocycles. The zero-order chi connectivity index (χ0) is 19.7. The number of aromatic nitrogens is 1. The number of hydrogen-bond acceptors (Lipinski definition) is 5. The largest absolute Gasteiger partial charge is 0.479 e. The molecule has 28 heavy (non-hydrogen) atoms. The Balaban J connectivity index is 1.58. The maximum atomic E-state index is 12.3. The third-order valence-corrected chi connectivity index (χ3v) is 5.63. The zero-order valence-electron chi connectivity index (χ0n) is 16.3. The van der Waals surface area contributed by atoms with E-state index < -0.39 is 6.10 Å². The van der Waals surface area contributed by atoms with Crippen LogP contribution in [0.15, 0.2) is 36.7 Å². The van der Waals surface area contributed by atoms with Crippen molar-refractivity contribution in [2.24, 2.45) is 0 Å². The Morgan fingerprint density at radius 2 is 2.11 bits per heavy atom. The van der Waals surface area contributed by atoms with Crippen LogP contribution < -0.4 is 15.0 Å². The molecule has 1 amide bonds. The van der Waals surface area contributed by atoms with Gasteiger partial charge in [0.05, 0.1) is 12.2 Å². The highest BCUT2D eigenvalue weighted by atomic mass is 16.5. The van der Waals surface area contributed by atoms with E-state index in [1.807, 2.05) is 32.2 Å². The van der Waals surface area contributed by atoms with Crippen molar-refractivity contribution in [2.45, 2.75) is 44.8 Å². The van der Waals surface area contributed by atoms with Crippen LogP contribution in [0.1, 0.15) is 31.7 Å². The van der Waals surface area contributed by atoms with Gasteiger partial charge in [-0.25, -0.2) is 0 Å². The molecule has 3 heterocycles. The molecule has 0 aliphatic carbocycles. The summed E-state index contributed by atoms with van der Waals surface area (Å²) in [5.74, 6) is 0.848. The Bertz CT molecular complexity index is 908. The Kier molecular flexibility index (Phi) is 5.13. The molecule has 2 aromatic rings. The molecule has 0 bridgehead atoms. The number of ketones is 1. The Morgan fingerprint density at radius 3 is 2.82 bits per heavy atom. The zero-order valence-corrected chi connectivity index (χ0v) is 16.3. The standard InChI is InChI=1S/C22H25N3O3/c1-3-20(26)22(18-8-9-24-18)28-17-11-16(12-23-13-17)14-4-6-19-15(10-14)5-7-21(27)25(19)2/h4,6,10-13,18,22,24H,3,5,7-9H2,1-2H3/t18?,22-/m0/s1. The van der Waals surface area contributed by atoms with E-state index in [2.05, 4.69) is 16.4 Å². The minimum atomic E-state index is -0.473. The predicted octanol–water partition coefficient (Wildman–Crippen LogP) is 2.75. The number of nitrogens with zero attached hydrogens (tertiary/aromatic N) is 2. The van der Waals surface area contributed by atoms with Gasteiger partial charge >= 0.3 is 0 Å². The highest BCUT2D eigenvalue weighted by Crippen LogP contribution is 2.32. The molecule has 2 aliphatic heterocycles. The first-order chi connectivity index (χ1) is 13.6. The van der Waals surface area contributed by atoms with Gasteiger partial charge in [-0.1, -0.05) is 13.0 Å². The van der Waals surface area contributed by atoms with Crippen molar-refractivity contribution in [3.8, 4) is 16.9 Å². The lowest BCUT2D eigenvalue weighted by Gasteiger charge is -2.34. The smallest absolute Gasteiger partial charge is 0.227 e. The highest BCUT2D eigenvalue weighted by Gasteiger charge is 2.33. The van der Waals surface area contributed by atoms with Crippen LogP contribution in [0.4, 0.5) is 5.69 Å². The molecule has 146 valence electrons. The molecule has 2 atom stereocenters. The Morgan fingerprint density at radius 1 is 1.29 bits per heavy atom. The second-order valence-electron chi connectivity index (χ2n) is 7.41. The van der Waals surface area contributed by atoms with Crippen LogP contribution in [0.25, 0.3) is 11.1 Å². The molecule has 1 aromatic heterocycles. The lowest BCUT2D eigenvalue weighted by molar-refractivity contribution is -0.127. The Labute approximate surface area is 164 Å². The van der Waals surface area contributed by atoms with Crippen molar-refractivity contribution in [3.05, 3.63) is 42.2 Å². The molecule has 0 radical (unpaired) electrons. The molecule has 6 heteroatoms. The quantitative estimate of drug-likeness (QED) is 0.836. The summed E-state index contributed by atoms with van der Waals surface area (Å²) >= 11 is 0. The molecule has 0 saturated carbocycles. The lowest BCUT2D eigenvalue weighted by atomic mass is 9.96. The van der Waals surface area contributed by atoms with Crippen molar-refractivity contribution in [1.29, 1.82) is 0 Å². The highest BCUT2D eigenvalue weighted by molar-refractivity contribution is 5.96. The first-order valence-corrected chi connectivity index (χ1v) is 9.84. The topological polar surface area (TPSA) is 71.5 Å². The number of pyridine rings is 1. The second kappa shape index (κ2) is 7.72. The summed E-state index contributed by atoms with van der Waals surface area (Å²) in [6, 6.07) is 8.10. The SMILES string of the molecule is CCC(=O)[C@@H](Oc1cncc(-c2ccc3c(c2)CCC(=O)N3C)c1)C1CCN1. The number of hydrogen-bond donors (Lipinski definition) is 1. The van der Waals surface area contributed by atoms with Gasteiger partial charge in [0.1, 0.15) is 5.75 Å². The number of fused-ring (bicyclic) bond motifs is 1. The first-order valence-electron chi connectivity index (χ1n) is 9.84. The second-order valence-corrected chi connectivity index (χ2v) is 7.41. The summed E-state index contributed by atoms with van der Waals surface area (Å²) in [4.78, 5) is 30.2. The fourth-order valence-electron chi connectivity index (χ4n) is 3.77. The van der Waals surface area contributed by atoms with E-state index in [1.54, 1.807) is 17.3 Å². The summed E-state index contributed by atoms with van der Waals surface area (Å²) < 4.78 is 6.05. The van der Waals surface area contributed by atoms with E-state index in [4.69, 9.17) is 4.74 Å². The summed E-state index contributed by atoms with van der Waals surface area (Å²) in [7, 11) is 1.81. The summed E-state index contributed by atoms with van der Waals surface area (Å²) in [6.07, 6.45) is 5.65. The van der Waals surface area contributed by atoms with E-state index in [0.717, 1.165) is 41.8 Å². The van der Waals surface area contributed by atoms with Gasteiger partial charge in [-0.15, -0.1) is 0 Å². The van der Waals surface area contributed by atoms with Crippen molar-refractivity contribution in [3.63, 3.8) is 0 Å². The Hall–Kier alpha value is -2.73. The van der Waals surface area contributed by atoms with E-state index in [-0.39, 0.29) is 17.7 Å². The van der Waals surface area contributed by atoms with Crippen LogP contribution in [0.2, 0.25) is 0 Å². The lowest BCUT2D eigenvalue weighted by Crippen LogP contribution is -2.55. The minimum Gasteiger partial charge on any atom is -0.479 e. The van der Waals surface area contributed by atoms with Gasteiger partial charge in [-0.2, -0.15) is 0 Å². The number of carbonyl (C=O) groups is 2. The van der Waals surface area contributed by atoms with E-state index in [1.165, 1.54) is 0 Å². The van der Waals surface area contributed by atoms with Crippen molar-refractivity contribution < 1.29 is 14.3 Å². The number of ether oxygens (including phenoxy) is 1. The van der Waals surface area contributed by atoms with Crippen LogP contribution in [-0.4, -0.2) is 42.4 Å². The fourth-order valence-corrected chi connectivity index (χ4v) is 3.77. The molecular weight excluding hydrogens is 354 g/mol. The first kappa shape index (κ1) is 18.6. The monoisotopic (exact) mass is 379 g/mol. The number of Topliss-reactive ketones (excluding diaryl/α,β-unsaturated/α-hetero) is 1. The summed E-state index contributed by atoms with van der Waals surface area (Å²) in [6.45, 7) is 2.78. The van der Waals surface area contributed by atoms with E-state index >= 15 is 0 Å². The van der Waals surface area contributed by atoms with Gasteiger partial charge in [-0.3, -0.25) is 14.6 Å². The van der Waals surface area contributed by atoms with Crippen LogP contribution in [0, 0.1) is 0 Å². The minimum absolute atomic E-state index is 0.0768. The third-order valence-electron chi connectivity index (χ3n) is 5.63. The predicted molar refractivity (Wildman–Crippen MR) is 108 cm³/mol. The molecule has 1 aromatic carbocycles. The third kappa shape index (κ3) is 3.52. The fraction of sp³-hybridized carbons (Fsp3) is 0.409. The average molecular weight is 379 g/mol. The molecule has 1 fully saturated rings. The van der Waals surface area contributed by atoms with Crippen LogP contribution >= 0.6 is 0 Å². The van der Waals surface area contributed by atoms with Gasteiger partial charge in [0.2, 0.25) is 5.91 Å². The molecule has 6 nitrogen and oxygen atoms in total. The van der Waals surface area contributed by atoms with E-state index in [0.29, 0.717) is 18.6 Å². The van der Waals surface area contributed by atoms with Crippen molar-refractivity contribution >= 4 is 17.4 Å². The molecule has 2 aliphatic rings. The number of benzene rings is 1. The molecule has 1 N–H and O–H groups in total. The van der Waals surface area contributed by atoms with Crippen LogP contribution in [0.5, 0.6) is 5.75 Å². The molecular formula is C22H25N3O3. The maximum absolute atomic E-state index is 12.3. The summed E-state index contributed by atoms with van der Waals surface area (Å²) in [5.41, 5.74) is 4.08. The molecule has 1 unspecified atom stereocenters. The number of rotatable bonds is 6. The molecule has 0 spiro atoms. The maximum Gasteiger partial charge on any atom is 0.227 e. The summed E-state index contributed by atoms with van der Waals surface area (Å²) in [5, 5.41) is 3.27. The van der Waals surface area contributed by atoms with Crippen LogP contribution in [0.3, 0.4) is 0 Å². The average Bonchev–Trinajstić information content (AvgIpc) is 2.68. The van der Waals surface area contributed by atoms with Crippen LogP contribution in [-0.2, 0) is 16.0 Å². The van der Waals surface area contributed by atoms with Gasteiger partial charge in [-0.05, 0) is 48.7 Å². The van der Waals surface area contributed by atoms with E-state index in [9.17, 15) is 9.59 Å². The number of aryl methyl sites for hydroxylation is 1.